The number of carbonyl (C=O) groups is 1. The fourth-order valence-electron chi connectivity index (χ4n) is 2.21. The Kier molecular flexibility index (Phi) is 4.54. The first-order valence-electron chi connectivity index (χ1n) is 5.67. The van der Waals surface area contributed by atoms with E-state index in [-0.39, 0.29) is 18.2 Å². The smallest absolute Gasteiger partial charge is 0.320 e. The molecule has 0 aromatic heterocycles. The minimum Gasteiger partial charge on any atom is -0.480 e. The van der Waals surface area contributed by atoms with Gasteiger partial charge in [0.05, 0.1) is 12.2 Å². The second kappa shape index (κ2) is 5.47. The molecule has 88 valence electrons. The van der Waals surface area contributed by atoms with Crippen LogP contribution in [-0.2, 0) is 9.53 Å². The fraction of sp³-hybridized carbons (Fsp3) is 0.909. The highest BCUT2D eigenvalue weighted by atomic mass is 16.5. The minimum absolute atomic E-state index is 0.132. The zero-order chi connectivity index (χ0) is 11.4. The van der Waals surface area contributed by atoms with Gasteiger partial charge in [-0.15, -0.1) is 0 Å². The number of ether oxygens (including phenoxy) is 1. The summed E-state index contributed by atoms with van der Waals surface area (Å²) in [4.78, 5) is 13.2. The first-order valence-corrected chi connectivity index (χ1v) is 5.67. The lowest BCUT2D eigenvalue weighted by atomic mass is 10.1. The number of hydrogen-bond acceptors (Lipinski definition) is 3. The molecule has 1 fully saturated rings. The second-order valence-electron chi connectivity index (χ2n) is 4.35. The van der Waals surface area contributed by atoms with Crippen LogP contribution in [0, 0.1) is 0 Å². The third kappa shape index (κ3) is 3.47. The van der Waals surface area contributed by atoms with Crippen molar-refractivity contribution in [1.82, 2.24) is 4.90 Å². The topological polar surface area (TPSA) is 49.8 Å². The van der Waals surface area contributed by atoms with E-state index in [1.54, 1.807) is 0 Å². The fourth-order valence-corrected chi connectivity index (χ4v) is 2.21. The first kappa shape index (κ1) is 12.5. The van der Waals surface area contributed by atoms with Gasteiger partial charge >= 0.3 is 5.97 Å². The quantitative estimate of drug-likeness (QED) is 0.769. The van der Waals surface area contributed by atoms with E-state index in [2.05, 4.69) is 0 Å². The summed E-state index contributed by atoms with van der Waals surface area (Å²) in [6.07, 6.45) is 1.88. The number of carboxylic acids is 1. The van der Waals surface area contributed by atoms with Gasteiger partial charge in [-0.05, 0) is 20.3 Å². The molecule has 0 radical (unpaired) electrons. The standard InChI is InChI=1S/C11H21NO3/c1-4-5-10(11(13)14)12-6-8(2)15-9(3)7-12/h8-10H,4-7H2,1-3H3,(H,13,14)/t8-,9+,10-/m1/s1. The first-order chi connectivity index (χ1) is 7.04. The molecule has 1 rings (SSSR count). The number of rotatable bonds is 4. The van der Waals surface area contributed by atoms with E-state index in [9.17, 15) is 4.79 Å². The number of nitrogens with zero attached hydrogens (tertiary/aromatic N) is 1. The SMILES string of the molecule is CCC[C@H](C(=O)O)N1C[C@@H](C)O[C@@H](C)C1. The molecule has 4 heteroatoms. The van der Waals surface area contributed by atoms with Gasteiger partial charge in [-0.3, -0.25) is 9.69 Å². The molecule has 1 heterocycles. The predicted molar refractivity (Wildman–Crippen MR) is 57.9 cm³/mol. The highest BCUT2D eigenvalue weighted by Gasteiger charge is 2.31. The van der Waals surface area contributed by atoms with Crippen LogP contribution < -0.4 is 0 Å². The molecule has 0 spiro atoms. The zero-order valence-electron chi connectivity index (χ0n) is 9.77. The summed E-state index contributed by atoms with van der Waals surface area (Å²) in [7, 11) is 0. The molecule has 1 saturated heterocycles. The van der Waals surface area contributed by atoms with Crippen LogP contribution in [0.25, 0.3) is 0 Å². The van der Waals surface area contributed by atoms with Crippen molar-refractivity contribution in [3.8, 4) is 0 Å². The normalized spacial score (nSPS) is 30.1. The van der Waals surface area contributed by atoms with Crippen LogP contribution in [0.4, 0.5) is 0 Å². The van der Waals surface area contributed by atoms with E-state index in [0.29, 0.717) is 0 Å². The Bertz CT molecular complexity index is 210. The van der Waals surface area contributed by atoms with Crippen molar-refractivity contribution in [1.29, 1.82) is 0 Å². The second-order valence-corrected chi connectivity index (χ2v) is 4.35. The summed E-state index contributed by atoms with van der Waals surface area (Å²) in [5, 5.41) is 9.15. The Labute approximate surface area is 91.2 Å². The summed E-state index contributed by atoms with van der Waals surface area (Å²) in [5.41, 5.74) is 0. The molecule has 0 saturated carbocycles. The summed E-state index contributed by atoms with van der Waals surface area (Å²) in [5.74, 6) is -0.710. The van der Waals surface area contributed by atoms with Crippen molar-refractivity contribution in [3.05, 3.63) is 0 Å². The van der Waals surface area contributed by atoms with Gasteiger partial charge in [0.2, 0.25) is 0 Å². The summed E-state index contributed by atoms with van der Waals surface area (Å²) in [6, 6.07) is -0.344. The molecule has 0 bridgehead atoms. The van der Waals surface area contributed by atoms with E-state index >= 15 is 0 Å². The molecule has 15 heavy (non-hydrogen) atoms. The van der Waals surface area contributed by atoms with Crippen molar-refractivity contribution in [3.63, 3.8) is 0 Å². The number of aliphatic carboxylic acids is 1. The van der Waals surface area contributed by atoms with Crippen molar-refractivity contribution >= 4 is 5.97 Å². The van der Waals surface area contributed by atoms with Crippen LogP contribution in [0.5, 0.6) is 0 Å². The highest BCUT2D eigenvalue weighted by Crippen LogP contribution is 2.16. The van der Waals surface area contributed by atoms with Gasteiger partial charge in [-0.1, -0.05) is 13.3 Å². The van der Waals surface area contributed by atoms with E-state index in [4.69, 9.17) is 9.84 Å². The van der Waals surface area contributed by atoms with Gasteiger partial charge in [-0.25, -0.2) is 0 Å². The molecule has 0 aromatic carbocycles. The van der Waals surface area contributed by atoms with Gasteiger partial charge < -0.3 is 9.84 Å². The maximum Gasteiger partial charge on any atom is 0.320 e. The molecule has 1 aliphatic rings. The van der Waals surface area contributed by atoms with Gasteiger partial charge in [0.25, 0.3) is 0 Å². The van der Waals surface area contributed by atoms with Crippen LogP contribution in [0.15, 0.2) is 0 Å². The minimum atomic E-state index is -0.710. The monoisotopic (exact) mass is 215 g/mol. The van der Waals surface area contributed by atoms with Crippen LogP contribution in [0.1, 0.15) is 33.6 Å². The molecular formula is C11H21NO3. The molecule has 4 nitrogen and oxygen atoms in total. The average molecular weight is 215 g/mol. The molecule has 1 aliphatic heterocycles. The predicted octanol–water partition coefficient (Wildman–Crippen LogP) is 1.35. The van der Waals surface area contributed by atoms with Crippen LogP contribution in [-0.4, -0.2) is 47.3 Å². The molecule has 0 aromatic rings. The van der Waals surface area contributed by atoms with Gasteiger partial charge in [0.1, 0.15) is 6.04 Å². The molecule has 0 unspecified atom stereocenters. The molecule has 0 amide bonds. The third-order valence-corrected chi connectivity index (χ3v) is 2.74. The number of hydrogen-bond donors (Lipinski definition) is 1. The lowest BCUT2D eigenvalue weighted by Gasteiger charge is -2.38. The Morgan fingerprint density at radius 1 is 1.47 bits per heavy atom. The van der Waals surface area contributed by atoms with E-state index in [1.165, 1.54) is 0 Å². The molecule has 1 N–H and O–H groups in total. The van der Waals surface area contributed by atoms with E-state index in [0.717, 1.165) is 25.9 Å². The van der Waals surface area contributed by atoms with Gasteiger partial charge in [0.15, 0.2) is 0 Å². The zero-order valence-corrected chi connectivity index (χ0v) is 9.77. The largest absolute Gasteiger partial charge is 0.480 e. The van der Waals surface area contributed by atoms with E-state index in [1.807, 2.05) is 25.7 Å². The highest BCUT2D eigenvalue weighted by molar-refractivity contribution is 5.73. The van der Waals surface area contributed by atoms with Crippen LogP contribution in [0.3, 0.4) is 0 Å². The lowest BCUT2D eigenvalue weighted by molar-refractivity contribution is -0.149. The number of carboxylic acid groups (broad SMARTS) is 1. The Morgan fingerprint density at radius 2 is 2.00 bits per heavy atom. The van der Waals surface area contributed by atoms with Crippen LogP contribution in [0.2, 0.25) is 0 Å². The molecular weight excluding hydrogens is 194 g/mol. The van der Waals surface area contributed by atoms with Crippen molar-refractivity contribution in [2.75, 3.05) is 13.1 Å². The summed E-state index contributed by atoms with van der Waals surface area (Å²) in [6.45, 7) is 7.45. The lowest BCUT2D eigenvalue weighted by Crippen LogP contribution is -2.52. The van der Waals surface area contributed by atoms with Crippen molar-refractivity contribution in [2.24, 2.45) is 0 Å². The maximum atomic E-state index is 11.1. The third-order valence-electron chi connectivity index (χ3n) is 2.74. The Balaban J connectivity index is 2.61. The van der Waals surface area contributed by atoms with Gasteiger partial charge in [-0.2, -0.15) is 0 Å². The Hall–Kier alpha value is -0.610. The Morgan fingerprint density at radius 3 is 2.40 bits per heavy atom. The van der Waals surface area contributed by atoms with Gasteiger partial charge in [0, 0.05) is 13.1 Å². The summed E-state index contributed by atoms with van der Waals surface area (Å²) < 4.78 is 5.59. The molecule has 0 aliphatic carbocycles. The molecule has 3 atom stereocenters. The number of morpholine rings is 1. The van der Waals surface area contributed by atoms with Crippen molar-refractivity contribution in [2.45, 2.75) is 51.9 Å². The van der Waals surface area contributed by atoms with E-state index < -0.39 is 5.97 Å². The van der Waals surface area contributed by atoms with Crippen LogP contribution >= 0.6 is 0 Å². The van der Waals surface area contributed by atoms with Crippen molar-refractivity contribution < 1.29 is 14.6 Å². The average Bonchev–Trinajstić information content (AvgIpc) is 2.11. The maximum absolute atomic E-state index is 11.1. The summed E-state index contributed by atoms with van der Waals surface area (Å²) >= 11 is 0.